The minimum absolute atomic E-state index is 0.483. The lowest BCUT2D eigenvalue weighted by molar-refractivity contribution is 0.250. The van der Waals surface area contributed by atoms with Gasteiger partial charge in [0.25, 0.3) is 0 Å². The topological polar surface area (TPSA) is 38.5 Å². The van der Waals surface area contributed by atoms with E-state index in [1.807, 2.05) is 12.1 Å². The maximum atomic E-state index is 5.51. The third-order valence-corrected chi connectivity index (χ3v) is 3.85. The molecule has 1 atom stereocenters. The summed E-state index contributed by atoms with van der Waals surface area (Å²) < 4.78 is 5.40. The number of hydrogen-bond donors (Lipinski definition) is 1. The summed E-state index contributed by atoms with van der Waals surface area (Å²) >= 11 is 4.89. The number of rotatable bonds is 9. The van der Waals surface area contributed by atoms with E-state index in [1.54, 1.807) is 7.11 Å². The van der Waals surface area contributed by atoms with Crippen molar-refractivity contribution in [2.24, 2.45) is 5.73 Å². The van der Waals surface area contributed by atoms with Crippen LogP contribution in [0.5, 0.6) is 5.75 Å². The van der Waals surface area contributed by atoms with Gasteiger partial charge in [0.15, 0.2) is 0 Å². The Bertz CT molecular complexity index is 423. The zero-order valence-electron chi connectivity index (χ0n) is 12.8. The average molecular weight is 294 g/mol. The predicted octanol–water partition coefficient (Wildman–Crippen LogP) is 3.01. The molecule has 0 spiro atoms. The van der Waals surface area contributed by atoms with Crippen LogP contribution in [0.4, 0.5) is 0 Å². The van der Waals surface area contributed by atoms with Crippen LogP contribution in [-0.2, 0) is 6.42 Å². The Labute approximate surface area is 128 Å². The van der Waals surface area contributed by atoms with Crippen molar-refractivity contribution >= 4 is 17.2 Å². The van der Waals surface area contributed by atoms with Crippen LogP contribution in [0.15, 0.2) is 24.3 Å². The summed E-state index contributed by atoms with van der Waals surface area (Å²) in [5, 5.41) is 0. The van der Waals surface area contributed by atoms with Gasteiger partial charge in [-0.1, -0.05) is 30.4 Å². The Morgan fingerprint density at radius 2 is 2.05 bits per heavy atom. The molecule has 4 heteroatoms. The Morgan fingerprint density at radius 3 is 2.70 bits per heavy atom. The van der Waals surface area contributed by atoms with E-state index in [1.165, 1.54) is 5.56 Å². The molecule has 20 heavy (non-hydrogen) atoms. The molecule has 2 N–H and O–H groups in total. The Kier molecular flexibility index (Phi) is 7.55. The Balaban J connectivity index is 2.41. The van der Waals surface area contributed by atoms with Crippen molar-refractivity contribution in [1.29, 1.82) is 0 Å². The zero-order chi connectivity index (χ0) is 15.0. The fourth-order valence-corrected chi connectivity index (χ4v) is 2.37. The smallest absolute Gasteiger partial charge is 0.122 e. The quantitative estimate of drug-likeness (QED) is 0.561. The first kappa shape index (κ1) is 16.9. The summed E-state index contributed by atoms with van der Waals surface area (Å²) in [5.74, 6) is 0.973. The number of ether oxygens (including phenoxy) is 1. The molecular formula is C16H26N2OS. The van der Waals surface area contributed by atoms with E-state index in [2.05, 4.69) is 31.0 Å². The maximum Gasteiger partial charge on any atom is 0.122 e. The predicted molar refractivity (Wildman–Crippen MR) is 89.4 cm³/mol. The van der Waals surface area contributed by atoms with Crippen molar-refractivity contribution in [3.63, 3.8) is 0 Å². The molecule has 0 aromatic heterocycles. The largest absolute Gasteiger partial charge is 0.496 e. The molecule has 112 valence electrons. The van der Waals surface area contributed by atoms with E-state index in [4.69, 9.17) is 22.7 Å². The van der Waals surface area contributed by atoms with Gasteiger partial charge in [-0.25, -0.2) is 0 Å². The second-order valence-corrected chi connectivity index (χ2v) is 5.79. The van der Waals surface area contributed by atoms with Crippen molar-refractivity contribution in [1.82, 2.24) is 4.90 Å². The van der Waals surface area contributed by atoms with Crippen molar-refractivity contribution in [2.45, 2.75) is 38.6 Å². The van der Waals surface area contributed by atoms with Crippen LogP contribution < -0.4 is 10.5 Å². The number of hydrogen-bond acceptors (Lipinski definition) is 3. The van der Waals surface area contributed by atoms with Gasteiger partial charge in [0.05, 0.1) is 12.1 Å². The molecule has 0 aliphatic heterocycles. The molecule has 1 aromatic carbocycles. The molecule has 0 aliphatic carbocycles. The van der Waals surface area contributed by atoms with Crippen LogP contribution in [0.1, 0.15) is 31.7 Å². The molecule has 3 nitrogen and oxygen atoms in total. The summed E-state index contributed by atoms with van der Waals surface area (Å²) in [4.78, 5) is 3.00. The first-order chi connectivity index (χ1) is 9.54. The number of unbranched alkanes of at least 4 members (excludes halogenated alkanes) is 1. The molecule has 0 amide bonds. The molecule has 0 aliphatic rings. The molecule has 1 aromatic rings. The fourth-order valence-electron chi connectivity index (χ4n) is 2.23. The van der Waals surface area contributed by atoms with Crippen molar-refractivity contribution in [2.75, 3.05) is 20.7 Å². The molecule has 0 saturated carbocycles. The third kappa shape index (κ3) is 5.88. The minimum atomic E-state index is 0.483. The number of methoxy groups -OCH3 is 1. The highest BCUT2D eigenvalue weighted by atomic mass is 32.1. The third-order valence-electron chi connectivity index (χ3n) is 3.64. The lowest BCUT2D eigenvalue weighted by atomic mass is 10.0. The van der Waals surface area contributed by atoms with E-state index in [-0.39, 0.29) is 0 Å². The van der Waals surface area contributed by atoms with E-state index < -0.39 is 0 Å². The lowest BCUT2D eigenvalue weighted by Gasteiger charge is -2.25. The summed E-state index contributed by atoms with van der Waals surface area (Å²) in [6.45, 7) is 3.32. The highest BCUT2D eigenvalue weighted by Gasteiger charge is 2.12. The first-order valence-electron chi connectivity index (χ1n) is 7.15. The average Bonchev–Trinajstić information content (AvgIpc) is 2.43. The van der Waals surface area contributed by atoms with Crippen LogP contribution in [0.25, 0.3) is 0 Å². The van der Waals surface area contributed by atoms with Crippen molar-refractivity contribution in [3.8, 4) is 5.75 Å². The Hall–Kier alpha value is -1.13. The number of thiocarbonyl (C=S) groups is 1. The Morgan fingerprint density at radius 1 is 1.35 bits per heavy atom. The number of benzene rings is 1. The maximum absolute atomic E-state index is 5.51. The van der Waals surface area contributed by atoms with Crippen LogP contribution in [0, 0.1) is 0 Å². The van der Waals surface area contributed by atoms with Gasteiger partial charge in [-0.2, -0.15) is 0 Å². The second-order valence-electron chi connectivity index (χ2n) is 5.27. The molecular weight excluding hydrogens is 268 g/mol. The van der Waals surface area contributed by atoms with Gasteiger partial charge in [-0.15, -0.1) is 0 Å². The van der Waals surface area contributed by atoms with Crippen LogP contribution in [0.3, 0.4) is 0 Å². The standard InChI is InChI=1S/C16H26N2OS/c1-13(18(2)11-7-6-10-16(17)20)12-14-8-4-5-9-15(14)19-3/h4-5,8-9,13H,6-7,10-12H2,1-3H3,(H2,17,20). The van der Waals surface area contributed by atoms with Gasteiger partial charge < -0.3 is 15.4 Å². The van der Waals surface area contributed by atoms with Crippen molar-refractivity contribution in [3.05, 3.63) is 29.8 Å². The molecule has 0 saturated heterocycles. The van der Waals surface area contributed by atoms with E-state index in [0.717, 1.165) is 38.0 Å². The summed E-state index contributed by atoms with van der Waals surface area (Å²) in [7, 11) is 3.89. The van der Waals surface area contributed by atoms with Gasteiger partial charge >= 0.3 is 0 Å². The highest BCUT2D eigenvalue weighted by molar-refractivity contribution is 7.80. The highest BCUT2D eigenvalue weighted by Crippen LogP contribution is 2.20. The zero-order valence-corrected chi connectivity index (χ0v) is 13.6. The fraction of sp³-hybridized carbons (Fsp3) is 0.562. The second kappa shape index (κ2) is 8.93. The molecule has 0 bridgehead atoms. The van der Waals surface area contributed by atoms with Gasteiger partial charge in [-0.05, 0) is 57.8 Å². The first-order valence-corrected chi connectivity index (χ1v) is 7.56. The van der Waals surface area contributed by atoms with Gasteiger partial charge in [0, 0.05) is 6.04 Å². The van der Waals surface area contributed by atoms with Crippen LogP contribution in [0.2, 0.25) is 0 Å². The van der Waals surface area contributed by atoms with E-state index >= 15 is 0 Å². The number of nitrogens with zero attached hydrogens (tertiary/aromatic N) is 1. The number of likely N-dealkylation sites (N-methyl/N-ethyl adjacent to an activating group) is 1. The van der Waals surface area contributed by atoms with Gasteiger partial charge in [-0.3, -0.25) is 0 Å². The van der Waals surface area contributed by atoms with E-state index in [0.29, 0.717) is 11.0 Å². The van der Waals surface area contributed by atoms with Gasteiger partial charge in [0.1, 0.15) is 5.75 Å². The van der Waals surface area contributed by atoms with Crippen LogP contribution in [-0.4, -0.2) is 36.6 Å². The molecule has 0 radical (unpaired) electrons. The van der Waals surface area contributed by atoms with Crippen LogP contribution >= 0.6 is 12.2 Å². The minimum Gasteiger partial charge on any atom is -0.496 e. The summed E-state index contributed by atoms with van der Waals surface area (Å²) in [6, 6.07) is 8.70. The summed E-state index contributed by atoms with van der Waals surface area (Å²) in [6.07, 6.45) is 4.05. The summed E-state index contributed by atoms with van der Waals surface area (Å²) in [5.41, 5.74) is 6.77. The molecule has 1 rings (SSSR count). The van der Waals surface area contributed by atoms with E-state index in [9.17, 15) is 0 Å². The normalized spacial score (nSPS) is 12.4. The molecule has 1 unspecified atom stereocenters. The monoisotopic (exact) mass is 294 g/mol. The number of nitrogens with two attached hydrogens (primary N) is 1. The SMILES string of the molecule is COc1ccccc1CC(C)N(C)CCCCC(N)=S. The van der Waals surface area contributed by atoms with Crippen molar-refractivity contribution < 1.29 is 4.74 Å². The number of para-hydroxylation sites is 1. The van der Waals surface area contributed by atoms with Gasteiger partial charge in [0.2, 0.25) is 0 Å². The molecule has 0 fully saturated rings. The lowest BCUT2D eigenvalue weighted by Crippen LogP contribution is -2.32. The molecule has 0 heterocycles.